The summed E-state index contributed by atoms with van der Waals surface area (Å²) in [7, 11) is 0. The summed E-state index contributed by atoms with van der Waals surface area (Å²) >= 11 is 0. The molecule has 0 fully saturated rings. The highest BCUT2D eigenvalue weighted by atomic mass is 16.5. The van der Waals surface area contributed by atoms with Gasteiger partial charge < -0.3 is 9.84 Å². The maximum Gasteiger partial charge on any atom is 0.119 e. The Kier molecular flexibility index (Phi) is 3.96. The zero-order chi connectivity index (χ0) is 10.6. The van der Waals surface area contributed by atoms with Crippen molar-refractivity contribution in [2.24, 2.45) is 0 Å². The van der Waals surface area contributed by atoms with Crippen molar-refractivity contribution in [3.8, 4) is 5.75 Å². The first kappa shape index (κ1) is 11.1. The van der Waals surface area contributed by atoms with Gasteiger partial charge in [-0.1, -0.05) is 0 Å². The molecule has 0 aliphatic carbocycles. The van der Waals surface area contributed by atoms with Crippen molar-refractivity contribution < 1.29 is 9.84 Å². The highest BCUT2D eigenvalue weighted by Gasteiger charge is 1.99. The molecule has 1 atom stereocenters. The number of aryl methyl sites for hydroxylation is 2. The predicted octanol–water partition coefficient (Wildman–Crippen LogP) is 2.25. The molecular weight excluding hydrogens is 176 g/mol. The summed E-state index contributed by atoms with van der Waals surface area (Å²) in [6.45, 7) is 6.31. The van der Waals surface area contributed by atoms with E-state index in [9.17, 15) is 0 Å². The van der Waals surface area contributed by atoms with Crippen LogP contribution in [0.3, 0.4) is 0 Å². The van der Waals surface area contributed by atoms with E-state index in [-0.39, 0.29) is 6.10 Å². The molecule has 0 aliphatic rings. The largest absolute Gasteiger partial charge is 0.493 e. The average molecular weight is 193 g/mol. The van der Waals surface area contributed by atoms with E-state index < -0.39 is 0 Å². The Morgan fingerprint density at radius 1 is 1.36 bits per heavy atom. The van der Waals surface area contributed by atoms with Gasteiger partial charge in [0, 0.05) is 6.42 Å². The third kappa shape index (κ3) is 3.79. The van der Waals surface area contributed by atoms with E-state index in [1.54, 1.807) is 6.92 Å². The third-order valence-corrected chi connectivity index (χ3v) is 1.92. The van der Waals surface area contributed by atoms with Gasteiger partial charge in [0.1, 0.15) is 5.75 Å². The molecule has 77 valence electrons. The van der Waals surface area contributed by atoms with Crippen LogP contribution < -0.4 is 4.74 Å². The van der Waals surface area contributed by atoms with Crippen LogP contribution in [0.25, 0.3) is 0 Å². The normalized spacial score (nSPS) is 12.6. The van der Waals surface area contributed by atoms with Crippen LogP contribution in [0.4, 0.5) is 0 Å². The molecule has 1 aromatic carbocycles. The van der Waals surface area contributed by atoms with Gasteiger partial charge in [-0.25, -0.2) is 0 Å². The molecule has 0 heterocycles. The number of aliphatic hydroxyl groups excluding tert-OH is 1. The second-order valence-corrected chi connectivity index (χ2v) is 3.67. The van der Waals surface area contributed by atoms with Crippen LogP contribution in [0, 0.1) is 19.9 Å². The van der Waals surface area contributed by atoms with E-state index in [1.165, 1.54) is 0 Å². The second kappa shape index (κ2) is 5.01. The summed E-state index contributed by atoms with van der Waals surface area (Å²) in [5.41, 5.74) is 2.16. The molecule has 0 amide bonds. The molecule has 0 saturated carbocycles. The van der Waals surface area contributed by atoms with Crippen LogP contribution >= 0.6 is 0 Å². The van der Waals surface area contributed by atoms with Crippen LogP contribution in [0.1, 0.15) is 24.5 Å². The van der Waals surface area contributed by atoms with Crippen LogP contribution in [0.5, 0.6) is 5.75 Å². The van der Waals surface area contributed by atoms with Gasteiger partial charge in [-0.05, 0) is 50.1 Å². The molecule has 1 radical (unpaired) electrons. The first-order chi connectivity index (χ1) is 6.58. The molecule has 0 spiro atoms. The first-order valence-electron chi connectivity index (χ1n) is 4.89. The standard InChI is InChI=1S/C12H17O2/c1-9-6-10(2)8-12(7-9)14-5-4-11(3)13/h7-8,11,13H,4-5H2,1-3H3. The highest BCUT2D eigenvalue weighted by molar-refractivity contribution is 5.31. The van der Waals surface area contributed by atoms with Gasteiger partial charge in [0.2, 0.25) is 0 Å². The van der Waals surface area contributed by atoms with Crippen molar-refractivity contribution in [1.29, 1.82) is 0 Å². The molecule has 1 aromatic rings. The van der Waals surface area contributed by atoms with E-state index in [1.807, 2.05) is 26.0 Å². The smallest absolute Gasteiger partial charge is 0.119 e. The molecule has 0 bridgehead atoms. The van der Waals surface area contributed by atoms with Crippen molar-refractivity contribution in [1.82, 2.24) is 0 Å². The fourth-order valence-electron chi connectivity index (χ4n) is 1.28. The van der Waals surface area contributed by atoms with E-state index >= 15 is 0 Å². The summed E-state index contributed by atoms with van der Waals surface area (Å²) in [6.07, 6.45) is 0.365. The zero-order valence-corrected chi connectivity index (χ0v) is 9.00. The molecular formula is C12H17O2. The molecule has 0 aromatic heterocycles. The fraction of sp³-hybridized carbons (Fsp3) is 0.500. The molecule has 0 saturated heterocycles. The van der Waals surface area contributed by atoms with Crippen LogP contribution in [-0.2, 0) is 0 Å². The maximum atomic E-state index is 9.05. The Bertz CT molecular complexity index is 272. The van der Waals surface area contributed by atoms with Gasteiger partial charge in [-0.2, -0.15) is 0 Å². The quantitative estimate of drug-likeness (QED) is 0.794. The third-order valence-electron chi connectivity index (χ3n) is 1.92. The number of rotatable bonds is 4. The van der Waals surface area contributed by atoms with Crippen molar-refractivity contribution in [3.63, 3.8) is 0 Å². The lowest BCUT2D eigenvalue weighted by Crippen LogP contribution is -2.07. The average Bonchev–Trinajstić information content (AvgIpc) is 2.01. The fourth-order valence-corrected chi connectivity index (χ4v) is 1.28. The molecule has 1 N–H and O–H groups in total. The van der Waals surface area contributed by atoms with Crippen molar-refractivity contribution in [2.45, 2.75) is 33.3 Å². The molecule has 14 heavy (non-hydrogen) atoms. The Labute approximate surface area is 85.5 Å². The van der Waals surface area contributed by atoms with Crippen molar-refractivity contribution in [2.75, 3.05) is 6.61 Å². The molecule has 0 aliphatic heterocycles. The second-order valence-electron chi connectivity index (χ2n) is 3.67. The van der Waals surface area contributed by atoms with Crippen LogP contribution in [0.2, 0.25) is 0 Å². The number of ether oxygens (including phenoxy) is 1. The topological polar surface area (TPSA) is 29.5 Å². The summed E-state index contributed by atoms with van der Waals surface area (Å²) in [4.78, 5) is 0. The Balaban J connectivity index is 2.50. The minimum absolute atomic E-state index is 0.299. The molecule has 2 nitrogen and oxygen atoms in total. The van der Waals surface area contributed by atoms with Crippen LogP contribution in [0.15, 0.2) is 12.1 Å². The Morgan fingerprint density at radius 2 is 1.93 bits per heavy atom. The summed E-state index contributed by atoms with van der Waals surface area (Å²) < 4.78 is 5.50. The SMILES string of the molecule is Cc1[c]c(C)cc(OCCC(C)O)c1. The lowest BCUT2D eigenvalue weighted by Gasteiger charge is -2.08. The van der Waals surface area contributed by atoms with Gasteiger partial charge in [0.15, 0.2) is 0 Å². The predicted molar refractivity (Wildman–Crippen MR) is 56.5 cm³/mol. The number of benzene rings is 1. The van der Waals surface area contributed by atoms with Gasteiger partial charge in [0.25, 0.3) is 0 Å². The van der Waals surface area contributed by atoms with Crippen LogP contribution in [-0.4, -0.2) is 17.8 Å². The molecule has 2 heteroatoms. The minimum Gasteiger partial charge on any atom is -0.493 e. The molecule has 1 rings (SSSR count). The van der Waals surface area contributed by atoms with Gasteiger partial charge in [-0.3, -0.25) is 0 Å². The zero-order valence-electron chi connectivity index (χ0n) is 9.00. The molecule has 1 unspecified atom stereocenters. The Hall–Kier alpha value is -1.02. The Morgan fingerprint density at radius 3 is 2.43 bits per heavy atom. The number of aliphatic hydroxyl groups is 1. The van der Waals surface area contributed by atoms with Gasteiger partial charge >= 0.3 is 0 Å². The minimum atomic E-state index is -0.299. The summed E-state index contributed by atoms with van der Waals surface area (Å²) in [6, 6.07) is 7.09. The summed E-state index contributed by atoms with van der Waals surface area (Å²) in [5.74, 6) is 0.861. The van der Waals surface area contributed by atoms with E-state index in [0.717, 1.165) is 16.9 Å². The maximum absolute atomic E-state index is 9.05. The van der Waals surface area contributed by atoms with E-state index in [4.69, 9.17) is 9.84 Å². The first-order valence-corrected chi connectivity index (χ1v) is 4.89. The van der Waals surface area contributed by atoms with E-state index in [0.29, 0.717) is 13.0 Å². The lowest BCUT2D eigenvalue weighted by atomic mass is 10.1. The monoisotopic (exact) mass is 193 g/mol. The lowest BCUT2D eigenvalue weighted by molar-refractivity contribution is 0.155. The van der Waals surface area contributed by atoms with Crippen molar-refractivity contribution in [3.05, 3.63) is 29.3 Å². The van der Waals surface area contributed by atoms with Crippen molar-refractivity contribution >= 4 is 0 Å². The van der Waals surface area contributed by atoms with Gasteiger partial charge in [0.05, 0.1) is 12.7 Å². The van der Waals surface area contributed by atoms with Gasteiger partial charge in [-0.15, -0.1) is 0 Å². The van der Waals surface area contributed by atoms with E-state index in [2.05, 4.69) is 6.07 Å². The number of hydrogen-bond acceptors (Lipinski definition) is 2. The summed E-state index contributed by atoms with van der Waals surface area (Å²) in [5, 5.41) is 9.05. The highest BCUT2D eigenvalue weighted by Crippen LogP contribution is 2.15. The number of hydrogen-bond donors (Lipinski definition) is 1.